The van der Waals surface area contributed by atoms with E-state index in [0.717, 1.165) is 38.5 Å². The lowest BCUT2D eigenvalue weighted by Gasteiger charge is -2.34. The molecule has 8 heteroatoms. The molecule has 0 unspecified atom stereocenters. The van der Waals surface area contributed by atoms with E-state index in [4.69, 9.17) is 4.74 Å². The molecule has 0 aromatic heterocycles. The molecule has 1 saturated carbocycles. The van der Waals surface area contributed by atoms with Crippen LogP contribution in [0.3, 0.4) is 0 Å². The number of unbranched alkanes of at least 4 members (excludes halogenated alkanes) is 1. The predicted molar refractivity (Wildman–Crippen MR) is 91.1 cm³/mol. The number of methoxy groups -OCH3 is 1. The molecule has 0 aromatic carbocycles. The summed E-state index contributed by atoms with van der Waals surface area (Å²) in [5, 5.41) is 5.49. The Kier molecular flexibility index (Phi) is 7.33. The Morgan fingerprint density at radius 1 is 1.12 bits per heavy atom. The Bertz CT molecular complexity index is 477. The molecule has 2 rings (SSSR count). The topological polar surface area (TPSA) is 97.0 Å². The van der Waals surface area contributed by atoms with E-state index in [1.54, 1.807) is 0 Å². The van der Waals surface area contributed by atoms with Crippen LogP contribution in [0.2, 0.25) is 0 Å². The first-order valence-corrected chi connectivity index (χ1v) is 9.13. The maximum Gasteiger partial charge on any atom is 0.407 e. The number of carbonyl (C=O) groups excluding carboxylic acids is 3. The van der Waals surface area contributed by atoms with Gasteiger partial charge in [0, 0.05) is 18.6 Å². The lowest BCUT2D eigenvalue weighted by atomic mass is 9.90. The molecule has 1 saturated heterocycles. The summed E-state index contributed by atoms with van der Waals surface area (Å²) in [6.07, 6.45) is 4.89. The van der Waals surface area contributed by atoms with Gasteiger partial charge in [-0.2, -0.15) is 0 Å². The number of amides is 3. The third kappa shape index (κ3) is 5.51. The maximum absolute atomic E-state index is 12.4. The van der Waals surface area contributed by atoms with Crippen molar-refractivity contribution in [2.45, 2.75) is 70.0 Å². The largest absolute Gasteiger partial charge is 0.453 e. The van der Waals surface area contributed by atoms with Crippen molar-refractivity contribution < 1.29 is 23.9 Å². The van der Waals surface area contributed by atoms with Crippen molar-refractivity contribution in [3.63, 3.8) is 0 Å². The Balaban J connectivity index is 1.72. The van der Waals surface area contributed by atoms with Crippen molar-refractivity contribution in [3.8, 4) is 0 Å². The smallest absolute Gasteiger partial charge is 0.407 e. The molecule has 3 amide bonds. The number of alkyl carbamates (subject to hydrolysis) is 2. The molecule has 0 radical (unpaired) electrons. The number of likely N-dealkylation sites (tertiary alicyclic amines) is 1. The monoisotopic (exact) mass is 355 g/mol. The average molecular weight is 355 g/mol. The normalized spacial score (nSPS) is 26.2. The SMILES string of the molecule is CCCCOC(=O)N[C@H]1CC[C@H](N2CC[C@H](NC(=O)OC)C2=O)CC1. The molecule has 25 heavy (non-hydrogen) atoms. The summed E-state index contributed by atoms with van der Waals surface area (Å²) < 4.78 is 9.68. The van der Waals surface area contributed by atoms with E-state index in [0.29, 0.717) is 19.6 Å². The van der Waals surface area contributed by atoms with Crippen LogP contribution in [0, 0.1) is 0 Å². The molecule has 2 aliphatic rings. The molecule has 0 spiro atoms. The van der Waals surface area contributed by atoms with Crippen LogP contribution in [0.4, 0.5) is 9.59 Å². The highest BCUT2D eigenvalue weighted by Gasteiger charge is 2.38. The first-order valence-electron chi connectivity index (χ1n) is 9.13. The van der Waals surface area contributed by atoms with Crippen molar-refractivity contribution in [2.24, 2.45) is 0 Å². The highest BCUT2D eigenvalue weighted by atomic mass is 16.5. The number of hydrogen-bond acceptors (Lipinski definition) is 5. The Labute approximate surface area is 148 Å². The summed E-state index contributed by atoms with van der Waals surface area (Å²) in [7, 11) is 1.29. The van der Waals surface area contributed by atoms with Gasteiger partial charge in [-0.05, 0) is 38.5 Å². The van der Waals surface area contributed by atoms with Gasteiger partial charge in [-0.1, -0.05) is 13.3 Å². The van der Waals surface area contributed by atoms with E-state index in [9.17, 15) is 14.4 Å². The fourth-order valence-electron chi connectivity index (χ4n) is 3.45. The van der Waals surface area contributed by atoms with E-state index in [2.05, 4.69) is 15.4 Å². The quantitative estimate of drug-likeness (QED) is 0.708. The van der Waals surface area contributed by atoms with Crippen LogP contribution in [0.1, 0.15) is 51.9 Å². The lowest BCUT2D eigenvalue weighted by molar-refractivity contribution is -0.131. The van der Waals surface area contributed by atoms with Gasteiger partial charge in [0.05, 0.1) is 13.7 Å². The number of carbonyl (C=O) groups is 3. The Hall–Kier alpha value is -1.99. The number of ether oxygens (including phenoxy) is 2. The summed E-state index contributed by atoms with van der Waals surface area (Å²) in [5.74, 6) is -0.0409. The van der Waals surface area contributed by atoms with E-state index in [1.165, 1.54) is 7.11 Å². The van der Waals surface area contributed by atoms with Gasteiger partial charge in [0.2, 0.25) is 5.91 Å². The van der Waals surface area contributed by atoms with Crippen LogP contribution in [0.5, 0.6) is 0 Å². The van der Waals surface area contributed by atoms with Gasteiger partial charge in [0.1, 0.15) is 6.04 Å². The summed E-state index contributed by atoms with van der Waals surface area (Å²) in [6, 6.07) is -0.213. The van der Waals surface area contributed by atoms with Gasteiger partial charge in [0.25, 0.3) is 0 Å². The minimum atomic E-state index is -0.574. The van der Waals surface area contributed by atoms with Crippen molar-refractivity contribution >= 4 is 18.1 Å². The molecular formula is C17H29N3O5. The second-order valence-electron chi connectivity index (χ2n) is 6.65. The van der Waals surface area contributed by atoms with Crippen LogP contribution in [0.25, 0.3) is 0 Å². The van der Waals surface area contributed by atoms with Crippen LogP contribution in [-0.4, -0.2) is 61.4 Å². The van der Waals surface area contributed by atoms with Gasteiger partial charge < -0.3 is 25.0 Å². The summed E-state index contributed by atoms with van der Waals surface area (Å²) >= 11 is 0. The van der Waals surface area contributed by atoms with E-state index in [-0.39, 0.29) is 24.1 Å². The van der Waals surface area contributed by atoms with Gasteiger partial charge in [-0.3, -0.25) is 4.79 Å². The van der Waals surface area contributed by atoms with Crippen molar-refractivity contribution in [1.82, 2.24) is 15.5 Å². The van der Waals surface area contributed by atoms with Crippen molar-refractivity contribution in [2.75, 3.05) is 20.3 Å². The summed E-state index contributed by atoms with van der Waals surface area (Å²) in [5.41, 5.74) is 0. The fourth-order valence-corrected chi connectivity index (χ4v) is 3.45. The van der Waals surface area contributed by atoms with E-state index < -0.39 is 12.1 Å². The maximum atomic E-state index is 12.4. The third-order valence-corrected chi connectivity index (χ3v) is 4.91. The van der Waals surface area contributed by atoms with Crippen LogP contribution in [-0.2, 0) is 14.3 Å². The first-order chi connectivity index (χ1) is 12.0. The molecule has 2 fully saturated rings. The molecule has 1 atom stereocenters. The number of nitrogens with one attached hydrogen (secondary N) is 2. The second kappa shape index (κ2) is 9.48. The second-order valence-corrected chi connectivity index (χ2v) is 6.65. The number of hydrogen-bond donors (Lipinski definition) is 2. The minimum Gasteiger partial charge on any atom is -0.453 e. The molecular weight excluding hydrogens is 326 g/mol. The van der Waals surface area contributed by atoms with Crippen molar-refractivity contribution in [1.29, 1.82) is 0 Å². The van der Waals surface area contributed by atoms with Gasteiger partial charge >= 0.3 is 12.2 Å². The number of rotatable bonds is 6. The summed E-state index contributed by atoms with van der Waals surface area (Å²) in [6.45, 7) is 3.15. The average Bonchev–Trinajstić information content (AvgIpc) is 2.96. The highest BCUT2D eigenvalue weighted by molar-refractivity contribution is 5.87. The van der Waals surface area contributed by atoms with Crippen molar-refractivity contribution in [3.05, 3.63) is 0 Å². The zero-order chi connectivity index (χ0) is 18.2. The van der Waals surface area contributed by atoms with E-state index in [1.807, 2.05) is 11.8 Å². The third-order valence-electron chi connectivity index (χ3n) is 4.91. The van der Waals surface area contributed by atoms with Crippen LogP contribution >= 0.6 is 0 Å². The molecule has 1 aliphatic carbocycles. The highest BCUT2D eigenvalue weighted by Crippen LogP contribution is 2.27. The molecule has 8 nitrogen and oxygen atoms in total. The molecule has 2 N–H and O–H groups in total. The van der Waals surface area contributed by atoms with Crippen LogP contribution < -0.4 is 10.6 Å². The minimum absolute atomic E-state index is 0.0409. The Morgan fingerprint density at radius 3 is 2.48 bits per heavy atom. The van der Waals surface area contributed by atoms with E-state index >= 15 is 0 Å². The lowest BCUT2D eigenvalue weighted by Crippen LogP contribution is -2.47. The molecule has 0 aromatic rings. The first kappa shape index (κ1) is 19.3. The zero-order valence-corrected chi connectivity index (χ0v) is 15.1. The van der Waals surface area contributed by atoms with Crippen LogP contribution in [0.15, 0.2) is 0 Å². The zero-order valence-electron chi connectivity index (χ0n) is 15.1. The Morgan fingerprint density at radius 2 is 1.84 bits per heavy atom. The number of nitrogens with zero attached hydrogens (tertiary/aromatic N) is 1. The van der Waals surface area contributed by atoms with Gasteiger partial charge in [-0.25, -0.2) is 9.59 Å². The summed E-state index contributed by atoms with van der Waals surface area (Å²) in [4.78, 5) is 37.3. The fraction of sp³-hybridized carbons (Fsp3) is 0.824. The molecule has 1 heterocycles. The molecule has 0 bridgehead atoms. The standard InChI is InChI=1S/C17H29N3O5/c1-3-4-11-25-17(23)18-12-5-7-13(8-6-12)20-10-9-14(15(20)21)19-16(22)24-2/h12-14H,3-11H2,1-2H3,(H,18,23)(H,19,22)/t12-,13-,14-/m0/s1. The predicted octanol–water partition coefficient (Wildman–Crippen LogP) is 1.78. The van der Waals surface area contributed by atoms with Gasteiger partial charge in [-0.15, -0.1) is 0 Å². The molecule has 1 aliphatic heterocycles. The molecule has 142 valence electrons. The van der Waals surface area contributed by atoms with Gasteiger partial charge in [0.15, 0.2) is 0 Å².